The van der Waals surface area contributed by atoms with Crippen LogP contribution in [0.1, 0.15) is 0 Å². The van der Waals surface area contributed by atoms with Crippen molar-refractivity contribution in [3.05, 3.63) is 16.4 Å². The van der Waals surface area contributed by atoms with Gasteiger partial charge in [-0.15, -0.1) is 10.2 Å². The van der Waals surface area contributed by atoms with E-state index in [9.17, 15) is 4.79 Å². The molecule has 1 atom stereocenters. The standard InChI is InChI=1S/C8H9Cl2N3O3/c1-16-8(15)5(3-14)11-4-2-6(9)12-13-7(4)10/h2,5,14H,3H2,1H3,(H,11,12). The summed E-state index contributed by atoms with van der Waals surface area (Å²) in [6, 6.07) is 0.463. The van der Waals surface area contributed by atoms with Crippen molar-refractivity contribution in [2.75, 3.05) is 19.0 Å². The highest BCUT2D eigenvalue weighted by atomic mass is 35.5. The van der Waals surface area contributed by atoms with Gasteiger partial charge in [-0.2, -0.15) is 0 Å². The van der Waals surface area contributed by atoms with Crippen molar-refractivity contribution >= 4 is 34.9 Å². The molecule has 1 aromatic heterocycles. The highest BCUT2D eigenvalue weighted by Gasteiger charge is 2.19. The van der Waals surface area contributed by atoms with Gasteiger partial charge in [0.2, 0.25) is 0 Å². The molecule has 88 valence electrons. The summed E-state index contributed by atoms with van der Waals surface area (Å²) in [5.41, 5.74) is 0.297. The van der Waals surface area contributed by atoms with Crippen LogP contribution in [-0.2, 0) is 9.53 Å². The average molecular weight is 266 g/mol. The van der Waals surface area contributed by atoms with E-state index in [1.54, 1.807) is 0 Å². The first-order valence-electron chi connectivity index (χ1n) is 4.22. The molecule has 0 aliphatic heterocycles. The molecule has 0 amide bonds. The first-order valence-corrected chi connectivity index (χ1v) is 4.98. The third-order valence-corrected chi connectivity index (χ3v) is 2.18. The number of aliphatic hydroxyl groups excluding tert-OH is 1. The first kappa shape index (κ1) is 13.0. The smallest absolute Gasteiger partial charge is 0.330 e. The van der Waals surface area contributed by atoms with Gasteiger partial charge in [0.05, 0.1) is 19.4 Å². The van der Waals surface area contributed by atoms with Gasteiger partial charge < -0.3 is 15.2 Å². The molecule has 0 saturated heterocycles. The zero-order chi connectivity index (χ0) is 12.1. The molecular weight excluding hydrogens is 257 g/mol. The molecule has 1 unspecified atom stereocenters. The minimum Gasteiger partial charge on any atom is -0.467 e. The van der Waals surface area contributed by atoms with Crippen molar-refractivity contribution in [3.63, 3.8) is 0 Å². The first-order chi connectivity index (χ1) is 7.58. The Balaban J connectivity index is 2.85. The lowest BCUT2D eigenvalue weighted by molar-refractivity contribution is -0.142. The Morgan fingerprint density at radius 3 is 2.88 bits per heavy atom. The Morgan fingerprint density at radius 1 is 1.62 bits per heavy atom. The number of carbonyl (C=O) groups is 1. The molecule has 1 heterocycles. The lowest BCUT2D eigenvalue weighted by atomic mass is 10.3. The summed E-state index contributed by atoms with van der Waals surface area (Å²) in [6.07, 6.45) is 0. The second kappa shape index (κ2) is 5.83. The SMILES string of the molecule is COC(=O)C(CO)Nc1cc(Cl)nnc1Cl. The zero-order valence-electron chi connectivity index (χ0n) is 8.28. The van der Waals surface area contributed by atoms with Crippen molar-refractivity contribution in [2.45, 2.75) is 6.04 Å². The molecule has 6 nitrogen and oxygen atoms in total. The third-order valence-electron chi connectivity index (χ3n) is 1.72. The molecule has 1 aromatic rings. The summed E-state index contributed by atoms with van der Waals surface area (Å²) >= 11 is 11.3. The van der Waals surface area contributed by atoms with Gasteiger partial charge in [0, 0.05) is 6.07 Å². The number of aromatic nitrogens is 2. The van der Waals surface area contributed by atoms with Crippen molar-refractivity contribution in [1.82, 2.24) is 10.2 Å². The van der Waals surface area contributed by atoms with E-state index in [0.717, 1.165) is 0 Å². The van der Waals surface area contributed by atoms with E-state index in [-0.39, 0.29) is 10.3 Å². The molecule has 0 aromatic carbocycles. The summed E-state index contributed by atoms with van der Waals surface area (Å²) in [4.78, 5) is 11.2. The lowest BCUT2D eigenvalue weighted by Gasteiger charge is -2.15. The van der Waals surface area contributed by atoms with Crippen LogP contribution < -0.4 is 5.32 Å². The highest BCUT2D eigenvalue weighted by molar-refractivity contribution is 6.33. The number of halogens is 2. The number of methoxy groups -OCH3 is 1. The molecule has 0 radical (unpaired) electrons. The van der Waals surface area contributed by atoms with Crippen molar-refractivity contribution in [2.24, 2.45) is 0 Å². The monoisotopic (exact) mass is 265 g/mol. The van der Waals surface area contributed by atoms with Gasteiger partial charge in [0.1, 0.15) is 6.04 Å². The van der Waals surface area contributed by atoms with Crippen LogP contribution in [0.15, 0.2) is 6.07 Å². The second-order valence-electron chi connectivity index (χ2n) is 2.77. The predicted molar refractivity (Wildman–Crippen MR) is 58.6 cm³/mol. The van der Waals surface area contributed by atoms with E-state index >= 15 is 0 Å². The number of nitrogens with zero attached hydrogens (tertiary/aromatic N) is 2. The Morgan fingerprint density at radius 2 is 2.31 bits per heavy atom. The molecular formula is C8H9Cl2N3O3. The summed E-state index contributed by atoms with van der Waals surface area (Å²) in [6.45, 7) is -0.442. The number of esters is 1. The van der Waals surface area contributed by atoms with E-state index in [4.69, 9.17) is 28.3 Å². The second-order valence-corrected chi connectivity index (χ2v) is 3.52. The van der Waals surface area contributed by atoms with Gasteiger partial charge in [-0.25, -0.2) is 4.79 Å². The van der Waals surface area contributed by atoms with Crippen molar-refractivity contribution in [3.8, 4) is 0 Å². The van der Waals surface area contributed by atoms with Crippen LogP contribution in [0.4, 0.5) is 5.69 Å². The van der Waals surface area contributed by atoms with Gasteiger partial charge in [0.25, 0.3) is 0 Å². The van der Waals surface area contributed by atoms with E-state index in [1.165, 1.54) is 13.2 Å². The Kier molecular flexibility index (Phi) is 4.72. The fraction of sp³-hybridized carbons (Fsp3) is 0.375. The Hall–Kier alpha value is -1.11. The quantitative estimate of drug-likeness (QED) is 0.781. The number of hydrogen-bond acceptors (Lipinski definition) is 6. The van der Waals surface area contributed by atoms with E-state index in [1.807, 2.05) is 0 Å². The minimum atomic E-state index is -0.928. The molecule has 0 aliphatic carbocycles. The number of carbonyl (C=O) groups excluding carboxylic acids is 1. The third kappa shape index (κ3) is 3.19. The topological polar surface area (TPSA) is 84.3 Å². The van der Waals surface area contributed by atoms with E-state index in [2.05, 4.69) is 20.3 Å². The molecule has 2 N–H and O–H groups in total. The Bertz CT molecular complexity index is 389. The van der Waals surface area contributed by atoms with Crippen LogP contribution >= 0.6 is 23.2 Å². The van der Waals surface area contributed by atoms with Crippen LogP contribution in [0.3, 0.4) is 0 Å². The summed E-state index contributed by atoms with van der Waals surface area (Å²) < 4.78 is 4.47. The average Bonchev–Trinajstić information content (AvgIpc) is 2.29. The molecule has 1 rings (SSSR count). The fourth-order valence-corrected chi connectivity index (χ4v) is 1.26. The maximum Gasteiger partial charge on any atom is 0.330 e. The molecule has 0 spiro atoms. The van der Waals surface area contributed by atoms with Gasteiger partial charge in [-0.1, -0.05) is 23.2 Å². The van der Waals surface area contributed by atoms with E-state index < -0.39 is 18.6 Å². The van der Waals surface area contributed by atoms with Gasteiger partial charge in [-0.3, -0.25) is 0 Å². The fourth-order valence-electron chi connectivity index (χ4n) is 0.963. The normalized spacial score (nSPS) is 12.0. The minimum absolute atomic E-state index is 0.0479. The van der Waals surface area contributed by atoms with Crippen LogP contribution in [-0.4, -0.2) is 41.0 Å². The highest BCUT2D eigenvalue weighted by Crippen LogP contribution is 2.21. The zero-order valence-corrected chi connectivity index (χ0v) is 9.79. The summed E-state index contributed by atoms with van der Waals surface area (Å²) in [7, 11) is 1.21. The number of aliphatic hydroxyl groups is 1. The predicted octanol–water partition coefficient (Wildman–Crippen LogP) is 0.729. The molecule has 16 heavy (non-hydrogen) atoms. The number of hydrogen-bond donors (Lipinski definition) is 2. The molecule has 0 bridgehead atoms. The van der Waals surface area contributed by atoms with Gasteiger partial charge in [0.15, 0.2) is 10.3 Å². The molecule has 0 saturated carbocycles. The van der Waals surface area contributed by atoms with Crippen molar-refractivity contribution in [1.29, 1.82) is 0 Å². The molecule has 0 aliphatic rings. The Labute approximate surface area is 102 Å². The van der Waals surface area contributed by atoms with E-state index in [0.29, 0.717) is 5.69 Å². The largest absolute Gasteiger partial charge is 0.467 e. The number of nitrogens with one attached hydrogen (secondary N) is 1. The van der Waals surface area contributed by atoms with Gasteiger partial charge >= 0.3 is 5.97 Å². The van der Waals surface area contributed by atoms with Crippen LogP contribution in [0.2, 0.25) is 10.3 Å². The number of ether oxygens (including phenoxy) is 1. The molecule has 8 heteroatoms. The van der Waals surface area contributed by atoms with Crippen molar-refractivity contribution < 1.29 is 14.6 Å². The molecule has 0 fully saturated rings. The van der Waals surface area contributed by atoms with Crippen LogP contribution in [0.25, 0.3) is 0 Å². The van der Waals surface area contributed by atoms with Crippen LogP contribution in [0.5, 0.6) is 0 Å². The lowest BCUT2D eigenvalue weighted by Crippen LogP contribution is -2.34. The van der Waals surface area contributed by atoms with Gasteiger partial charge in [-0.05, 0) is 0 Å². The summed E-state index contributed by atoms with van der Waals surface area (Å²) in [5, 5.41) is 18.8. The number of rotatable bonds is 4. The van der Waals surface area contributed by atoms with Crippen LogP contribution in [0, 0.1) is 0 Å². The maximum absolute atomic E-state index is 11.2. The summed E-state index contributed by atoms with van der Waals surface area (Å²) in [5.74, 6) is -0.619. The number of anilines is 1. The maximum atomic E-state index is 11.2.